The number of carbonyl (C=O) groups excluding carboxylic acids is 1. The van der Waals surface area contributed by atoms with Crippen molar-refractivity contribution in [3.05, 3.63) is 34.9 Å². The van der Waals surface area contributed by atoms with Crippen LogP contribution >= 0.6 is 0 Å². The SMILES string of the molecule is Cc1cc(C(N)=O)ccc1CS(=O)CC(C)CN. The smallest absolute Gasteiger partial charge is 0.248 e. The fraction of sp³-hybridized carbons (Fsp3) is 0.462. The van der Waals surface area contributed by atoms with E-state index in [9.17, 15) is 9.00 Å². The number of hydrogen-bond acceptors (Lipinski definition) is 3. The van der Waals surface area contributed by atoms with Gasteiger partial charge in [0.05, 0.1) is 0 Å². The van der Waals surface area contributed by atoms with E-state index in [0.29, 0.717) is 23.6 Å². The molecule has 0 aliphatic carbocycles. The Balaban J connectivity index is 2.74. The monoisotopic (exact) mass is 268 g/mol. The predicted molar refractivity (Wildman–Crippen MR) is 74.6 cm³/mol. The van der Waals surface area contributed by atoms with Crippen molar-refractivity contribution in [1.29, 1.82) is 0 Å². The molecule has 0 spiro atoms. The molecule has 2 unspecified atom stereocenters. The maximum atomic E-state index is 11.9. The number of hydrogen-bond donors (Lipinski definition) is 2. The highest BCUT2D eigenvalue weighted by molar-refractivity contribution is 7.84. The van der Waals surface area contributed by atoms with Gasteiger partial charge in [-0.3, -0.25) is 9.00 Å². The van der Waals surface area contributed by atoms with E-state index in [1.54, 1.807) is 12.1 Å². The highest BCUT2D eigenvalue weighted by Gasteiger charge is 2.10. The van der Waals surface area contributed by atoms with Crippen LogP contribution in [0.5, 0.6) is 0 Å². The Hall–Kier alpha value is -1.20. The van der Waals surface area contributed by atoms with E-state index in [1.807, 2.05) is 19.9 Å². The molecule has 18 heavy (non-hydrogen) atoms. The second-order valence-corrected chi connectivity index (χ2v) is 6.10. The molecule has 0 bridgehead atoms. The summed E-state index contributed by atoms with van der Waals surface area (Å²) < 4.78 is 11.9. The van der Waals surface area contributed by atoms with Crippen molar-refractivity contribution in [1.82, 2.24) is 0 Å². The summed E-state index contributed by atoms with van der Waals surface area (Å²) >= 11 is 0. The van der Waals surface area contributed by atoms with Crippen molar-refractivity contribution in [2.24, 2.45) is 17.4 Å². The first-order valence-electron chi connectivity index (χ1n) is 5.88. The number of aryl methyl sites for hydroxylation is 1. The zero-order valence-corrected chi connectivity index (χ0v) is 11.6. The Bertz CT molecular complexity index is 460. The third-order valence-electron chi connectivity index (χ3n) is 2.82. The largest absolute Gasteiger partial charge is 0.366 e. The van der Waals surface area contributed by atoms with Crippen LogP contribution in [0.25, 0.3) is 0 Å². The molecule has 0 aromatic heterocycles. The van der Waals surface area contributed by atoms with Gasteiger partial charge in [-0.2, -0.15) is 0 Å². The van der Waals surface area contributed by atoms with Gasteiger partial charge in [-0.05, 0) is 42.6 Å². The Labute approximate surface area is 110 Å². The van der Waals surface area contributed by atoms with Gasteiger partial charge >= 0.3 is 0 Å². The summed E-state index contributed by atoms with van der Waals surface area (Å²) in [5.74, 6) is 0.918. The van der Waals surface area contributed by atoms with E-state index in [0.717, 1.165) is 11.1 Å². The summed E-state index contributed by atoms with van der Waals surface area (Å²) in [5.41, 5.74) is 13.1. The lowest BCUT2D eigenvalue weighted by molar-refractivity contribution is 0.1000. The van der Waals surface area contributed by atoms with Gasteiger partial charge < -0.3 is 11.5 Å². The molecule has 0 fully saturated rings. The highest BCUT2D eigenvalue weighted by Crippen LogP contribution is 2.14. The standard InChI is InChI=1S/C13H20N2O2S/c1-9(6-14)7-18(17)8-12-4-3-11(13(15)16)5-10(12)2/h3-5,9H,6-8,14H2,1-2H3,(H2,15,16). The summed E-state index contributed by atoms with van der Waals surface area (Å²) in [6.07, 6.45) is 0. The number of nitrogens with two attached hydrogens (primary N) is 2. The molecule has 1 amide bonds. The van der Waals surface area contributed by atoms with Crippen LogP contribution in [0.15, 0.2) is 18.2 Å². The number of amides is 1. The third kappa shape index (κ3) is 4.23. The molecule has 1 aromatic carbocycles. The summed E-state index contributed by atoms with van der Waals surface area (Å²) in [7, 11) is -0.925. The van der Waals surface area contributed by atoms with Crippen LogP contribution < -0.4 is 11.5 Å². The van der Waals surface area contributed by atoms with Crippen molar-refractivity contribution < 1.29 is 9.00 Å². The van der Waals surface area contributed by atoms with Gasteiger partial charge in [0.15, 0.2) is 0 Å². The lowest BCUT2D eigenvalue weighted by Gasteiger charge is -2.10. The van der Waals surface area contributed by atoms with Crippen LogP contribution in [-0.4, -0.2) is 22.4 Å². The van der Waals surface area contributed by atoms with Crippen molar-refractivity contribution in [2.75, 3.05) is 12.3 Å². The molecular formula is C13H20N2O2S. The maximum Gasteiger partial charge on any atom is 0.248 e. The molecule has 1 aromatic rings. The minimum atomic E-state index is -0.925. The summed E-state index contributed by atoms with van der Waals surface area (Å²) in [4.78, 5) is 11.0. The summed E-state index contributed by atoms with van der Waals surface area (Å²) in [6.45, 7) is 4.43. The van der Waals surface area contributed by atoms with Crippen LogP contribution in [0.4, 0.5) is 0 Å². The van der Waals surface area contributed by atoms with E-state index >= 15 is 0 Å². The van der Waals surface area contributed by atoms with Gasteiger partial charge in [-0.1, -0.05) is 13.0 Å². The van der Waals surface area contributed by atoms with E-state index in [2.05, 4.69) is 0 Å². The molecule has 0 saturated carbocycles. The topological polar surface area (TPSA) is 86.2 Å². The average Bonchev–Trinajstić information content (AvgIpc) is 2.31. The quantitative estimate of drug-likeness (QED) is 0.805. The van der Waals surface area contributed by atoms with Crippen molar-refractivity contribution >= 4 is 16.7 Å². The number of rotatable bonds is 6. The van der Waals surface area contributed by atoms with E-state index in [-0.39, 0.29) is 5.92 Å². The molecule has 2 atom stereocenters. The van der Waals surface area contributed by atoms with Crippen molar-refractivity contribution in [2.45, 2.75) is 19.6 Å². The molecule has 100 valence electrons. The van der Waals surface area contributed by atoms with Crippen LogP contribution in [-0.2, 0) is 16.6 Å². The highest BCUT2D eigenvalue weighted by atomic mass is 32.2. The Kier molecular flexibility index (Phi) is 5.50. The molecule has 4 nitrogen and oxygen atoms in total. The molecule has 4 N–H and O–H groups in total. The molecule has 0 saturated heterocycles. The molecule has 1 rings (SSSR count). The van der Waals surface area contributed by atoms with Gasteiger partial charge in [-0.15, -0.1) is 0 Å². The molecular weight excluding hydrogens is 248 g/mol. The molecule has 0 aliphatic rings. The van der Waals surface area contributed by atoms with Gasteiger partial charge in [0.25, 0.3) is 0 Å². The molecule has 0 heterocycles. The average molecular weight is 268 g/mol. The number of carbonyl (C=O) groups is 1. The van der Waals surface area contributed by atoms with Crippen LogP contribution in [0.2, 0.25) is 0 Å². The van der Waals surface area contributed by atoms with E-state index in [4.69, 9.17) is 11.5 Å². The van der Waals surface area contributed by atoms with Gasteiger partial charge in [0.2, 0.25) is 5.91 Å². The van der Waals surface area contributed by atoms with Gasteiger partial charge in [0.1, 0.15) is 0 Å². The van der Waals surface area contributed by atoms with Gasteiger partial charge in [0, 0.05) is 27.9 Å². The first-order valence-corrected chi connectivity index (χ1v) is 7.37. The van der Waals surface area contributed by atoms with Crippen LogP contribution in [0.1, 0.15) is 28.4 Å². The fourth-order valence-electron chi connectivity index (χ4n) is 1.63. The summed E-state index contributed by atoms with van der Waals surface area (Å²) in [5, 5.41) is 0. The van der Waals surface area contributed by atoms with Crippen LogP contribution in [0, 0.1) is 12.8 Å². The molecule has 0 aliphatic heterocycles. The lowest BCUT2D eigenvalue weighted by atomic mass is 10.1. The Morgan fingerprint density at radius 1 is 1.44 bits per heavy atom. The Morgan fingerprint density at radius 3 is 2.61 bits per heavy atom. The Morgan fingerprint density at radius 2 is 2.11 bits per heavy atom. The molecule has 5 heteroatoms. The minimum absolute atomic E-state index is 0.260. The third-order valence-corrected chi connectivity index (χ3v) is 4.39. The zero-order valence-electron chi connectivity index (χ0n) is 10.8. The number of primary amides is 1. The molecule has 0 radical (unpaired) electrons. The lowest BCUT2D eigenvalue weighted by Crippen LogP contribution is -2.18. The van der Waals surface area contributed by atoms with Crippen molar-refractivity contribution in [3.63, 3.8) is 0 Å². The first-order chi connectivity index (χ1) is 8.43. The zero-order chi connectivity index (χ0) is 13.7. The first kappa shape index (κ1) is 14.9. The second-order valence-electron chi connectivity index (χ2n) is 4.60. The normalized spacial score (nSPS) is 14.2. The van der Waals surface area contributed by atoms with Crippen molar-refractivity contribution in [3.8, 4) is 0 Å². The second kappa shape index (κ2) is 6.66. The fourth-order valence-corrected chi connectivity index (χ4v) is 3.19. The van der Waals surface area contributed by atoms with E-state index < -0.39 is 16.7 Å². The number of benzene rings is 1. The maximum absolute atomic E-state index is 11.9. The summed E-state index contributed by atoms with van der Waals surface area (Å²) in [6, 6.07) is 5.23. The van der Waals surface area contributed by atoms with E-state index in [1.165, 1.54) is 0 Å². The minimum Gasteiger partial charge on any atom is -0.366 e. The van der Waals surface area contributed by atoms with Gasteiger partial charge in [-0.25, -0.2) is 0 Å². The predicted octanol–water partition coefficient (Wildman–Crippen LogP) is 0.937. The van der Waals surface area contributed by atoms with Crippen LogP contribution in [0.3, 0.4) is 0 Å².